The second-order valence-electron chi connectivity index (χ2n) is 4.45. The molecule has 0 amide bonds. The normalized spacial score (nSPS) is 12.1. The lowest BCUT2D eigenvalue weighted by atomic mass is 10.3. The summed E-state index contributed by atoms with van der Waals surface area (Å²) in [6, 6.07) is 9.72. The number of aromatic amines is 1. The lowest BCUT2D eigenvalue weighted by molar-refractivity contribution is 0.729. The van der Waals surface area contributed by atoms with Crippen molar-refractivity contribution in [3.05, 3.63) is 51.3 Å². The molecular weight excluding hydrogens is 226 g/mol. The fourth-order valence-corrected chi connectivity index (χ4v) is 1.65. The highest BCUT2D eigenvalue weighted by molar-refractivity contribution is 5.31. The Bertz CT molecular complexity index is 680. The van der Waals surface area contributed by atoms with E-state index in [0.29, 0.717) is 10.6 Å². The van der Waals surface area contributed by atoms with Gasteiger partial charge in [0.2, 0.25) is 0 Å². The van der Waals surface area contributed by atoms with Crippen LogP contribution in [-0.2, 0) is 0 Å². The Balaban J connectivity index is 2.55. The first kappa shape index (κ1) is 12.2. The zero-order chi connectivity index (χ0) is 13.1. The molecule has 0 saturated carbocycles. The van der Waals surface area contributed by atoms with Gasteiger partial charge < -0.3 is 5.32 Å². The molecule has 94 valence electrons. The summed E-state index contributed by atoms with van der Waals surface area (Å²) in [4.78, 5) is 12.2. The second kappa shape index (κ2) is 4.96. The van der Waals surface area contributed by atoms with Crippen LogP contribution in [0.2, 0.25) is 0 Å². The Morgan fingerprint density at radius 1 is 1.33 bits per heavy atom. The molecule has 1 heterocycles. The van der Waals surface area contributed by atoms with Crippen molar-refractivity contribution in [1.29, 1.82) is 0 Å². The Labute approximate surface area is 105 Å². The number of para-hydroxylation sites is 1. The molecule has 4 heteroatoms. The number of hydrogen-bond acceptors (Lipinski definition) is 2. The molecule has 0 unspecified atom stereocenters. The zero-order valence-corrected chi connectivity index (χ0v) is 10.6. The van der Waals surface area contributed by atoms with E-state index in [0.717, 1.165) is 5.69 Å². The van der Waals surface area contributed by atoms with E-state index >= 15 is 0 Å². The maximum absolute atomic E-state index is 12.2. The summed E-state index contributed by atoms with van der Waals surface area (Å²) in [5.41, 5.74) is 0.705. The van der Waals surface area contributed by atoms with Crippen LogP contribution in [0.25, 0.3) is 18.5 Å². The van der Waals surface area contributed by atoms with Crippen LogP contribution in [-0.4, -0.2) is 15.8 Å². The van der Waals surface area contributed by atoms with E-state index in [-0.39, 0.29) is 11.6 Å². The molecule has 0 aliphatic rings. The molecule has 0 aliphatic carbocycles. The first-order chi connectivity index (χ1) is 8.59. The molecule has 2 aromatic rings. The van der Waals surface area contributed by atoms with E-state index in [1.165, 1.54) is 4.68 Å². The van der Waals surface area contributed by atoms with Crippen LogP contribution in [0.15, 0.2) is 35.1 Å². The van der Waals surface area contributed by atoms with Crippen LogP contribution in [0.1, 0.15) is 13.8 Å². The Morgan fingerprint density at radius 3 is 2.61 bits per heavy atom. The van der Waals surface area contributed by atoms with Gasteiger partial charge in [-0.2, -0.15) is 0 Å². The van der Waals surface area contributed by atoms with Gasteiger partial charge in [-0.15, -0.1) is 0 Å². The fraction of sp³-hybridized carbons (Fsp3) is 0.214. The number of hydrogen-bond donors (Lipinski definition) is 2. The minimum absolute atomic E-state index is 0.0978. The van der Waals surface area contributed by atoms with Crippen LogP contribution < -0.4 is 21.4 Å². The summed E-state index contributed by atoms with van der Waals surface area (Å²) in [5.74, 6) is 0. The molecular formula is C14H17N3O. The molecule has 0 saturated heterocycles. The lowest BCUT2D eigenvalue weighted by Gasteiger charge is -2.01. The highest BCUT2D eigenvalue weighted by atomic mass is 16.1. The number of nitrogens with one attached hydrogen (secondary N) is 2. The van der Waals surface area contributed by atoms with Crippen molar-refractivity contribution in [2.75, 3.05) is 0 Å². The summed E-state index contributed by atoms with van der Waals surface area (Å²) in [6.45, 7) is 7.89. The monoisotopic (exact) mass is 243 g/mol. The van der Waals surface area contributed by atoms with Gasteiger partial charge in [0.1, 0.15) is 0 Å². The average molecular weight is 243 g/mol. The summed E-state index contributed by atoms with van der Waals surface area (Å²) in [7, 11) is 0. The van der Waals surface area contributed by atoms with Gasteiger partial charge in [0.25, 0.3) is 5.56 Å². The largest absolute Gasteiger partial charge is 0.388 e. The molecule has 0 fully saturated rings. The smallest absolute Gasteiger partial charge is 0.280 e. The van der Waals surface area contributed by atoms with E-state index in [2.05, 4.69) is 17.0 Å². The van der Waals surface area contributed by atoms with Crippen molar-refractivity contribution in [3.8, 4) is 5.69 Å². The van der Waals surface area contributed by atoms with Crippen LogP contribution in [0, 0.1) is 0 Å². The Hall–Kier alpha value is -2.23. The maximum atomic E-state index is 12.2. The van der Waals surface area contributed by atoms with Gasteiger partial charge in [0, 0.05) is 12.2 Å². The van der Waals surface area contributed by atoms with Gasteiger partial charge in [-0.1, -0.05) is 24.8 Å². The van der Waals surface area contributed by atoms with Gasteiger partial charge in [-0.3, -0.25) is 9.89 Å². The van der Waals surface area contributed by atoms with E-state index < -0.39 is 0 Å². The molecule has 1 aromatic heterocycles. The topological polar surface area (TPSA) is 49.8 Å². The van der Waals surface area contributed by atoms with E-state index in [4.69, 9.17) is 0 Å². The maximum Gasteiger partial charge on any atom is 0.280 e. The zero-order valence-electron chi connectivity index (χ0n) is 10.6. The molecule has 2 rings (SSSR count). The minimum atomic E-state index is -0.0978. The SMILES string of the molecule is C=c1[nH]n(-c2ccccc2)c(=O)c1=CNC(C)C. The third kappa shape index (κ3) is 2.37. The van der Waals surface area contributed by atoms with E-state index in [1.807, 2.05) is 44.2 Å². The van der Waals surface area contributed by atoms with Crippen LogP contribution in [0.5, 0.6) is 0 Å². The Morgan fingerprint density at radius 2 is 2.00 bits per heavy atom. The number of aromatic nitrogens is 2. The van der Waals surface area contributed by atoms with Gasteiger partial charge in [-0.25, -0.2) is 4.68 Å². The number of benzene rings is 1. The molecule has 0 bridgehead atoms. The van der Waals surface area contributed by atoms with E-state index in [1.54, 1.807) is 6.20 Å². The summed E-state index contributed by atoms with van der Waals surface area (Å²) in [5, 5.41) is 7.26. The highest BCUT2D eigenvalue weighted by Crippen LogP contribution is 1.99. The van der Waals surface area contributed by atoms with Crippen LogP contribution >= 0.6 is 0 Å². The lowest BCUT2D eigenvalue weighted by Crippen LogP contribution is -2.37. The van der Waals surface area contributed by atoms with Crippen molar-refractivity contribution in [2.45, 2.75) is 19.9 Å². The highest BCUT2D eigenvalue weighted by Gasteiger charge is 2.03. The Kier molecular flexibility index (Phi) is 3.37. The first-order valence-corrected chi connectivity index (χ1v) is 5.91. The molecule has 0 spiro atoms. The molecule has 0 atom stereocenters. The van der Waals surface area contributed by atoms with Crippen molar-refractivity contribution in [3.63, 3.8) is 0 Å². The predicted molar refractivity (Wildman–Crippen MR) is 73.9 cm³/mol. The minimum Gasteiger partial charge on any atom is -0.388 e. The molecule has 4 nitrogen and oxygen atoms in total. The standard InChI is InChI=1S/C14H17N3O/c1-10(2)15-9-13-11(3)16-17(14(13)18)12-7-5-4-6-8-12/h4-10,15-16H,3H2,1-2H3. The molecule has 1 aromatic carbocycles. The fourth-order valence-electron chi connectivity index (χ4n) is 1.65. The first-order valence-electron chi connectivity index (χ1n) is 5.91. The van der Waals surface area contributed by atoms with Gasteiger partial charge in [0.15, 0.2) is 0 Å². The quantitative estimate of drug-likeness (QED) is 0.815. The second-order valence-corrected chi connectivity index (χ2v) is 4.45. The van der Waals surface area contributed by atoms with Crippen LogP contribution in [0.4, 0.5) is 0 Å². The van der Waals surface area contributed by atoms with Gasteiger partial charge >= 0.3 is 0 Å². The van der Waals surface area contributed by atoms with Gasteiger partial charge in [-0.05, 0) is 26.0 Å². The van der Waals surface area contributed by atoms with E-state index in [9.17, 15) is 4.79 Å². The molecule has 18 heavy (non-hydrogen) atoms. The summed E-state index contributed by atoms with van der Waals surface area (Å²) >= 11 is 0. The third-order valence-corrected chi connectivity index (χ3v) is 2.58. The number of rotatable bonds is 3. The average Bonchev–Trinajstić information content (AvgIpc) is 2.63. The van der Waals surface area contributed by atoms with Crippen LogP contribution in [0.3, 0.4) is 0 Å². The molecule has 0 radical (unpaired) electrons. The number of nitrogens with zero attached hydrogens (tertiary/aromatic N) is 1. The van der Waals surface area contributed by atoms with Crippen molar-refractivity contribution >= 4 is 12.8 Å². The summed E-state index contributed by atoms with van der Waals surface area (Å²) < 4.78 is 1.50. The third-order valence-electron chi connectivity index (χ3n) is 2.58. The predicted octanol–water partition coefficient (Wildman–Crippen LogP) is 0.312. The summed E-state index contributed by atoms with van der Waals surface area (Å²) in [6.07, 6.45) is 1.71. The van der Waals surface area contributed by atoms with Gasteiger partial charge in [0.05, 0.1) is 16.3 Å². The van der Waals surface area contributed by atoms with Crippen molar-refractivity contribution in [2.24, 2.45) is 0 Å². The molecule has 0 aliphatic heterocycles. The number of H-pyrrole nitrogens is 1. The molecule has 2 N–H and O–H groups in total. The van der Waals surface area contributed by atoms with Crippen molar-refractivity contribution < 1.29 is 0 Å². The van der Waals surface area contributed by atoms with Crippen molar-refractivity contribution in [1.82, 2.24) is 15.1 Å².